The summed E-state index contributed by atoms with van der Waals surface area (Å²) >= 11 is 0. The van der Waals surface area contributed by atoms with Crippen LogP contribution < -0.4 is 15.4 Å². The molecule has 8 heteroatoms. The minimum absolute atomic E-state index is 0.0201. The molecule has 0 saturated carbocycles. The van der Waals surface area contributed by atoms with Gasteiger partial charge in [-0.2, -0.15) is 4.31 Å². The number of hydrogen-bond donors (Lipinski definition) is 2. The molecule has 1 aromatic carbocycles. The Morgan fingerprint density at radius 1 is 1.33 bits per heavy atom. The van der Waals surface area contributed by atoms with Crippen molar-refractivity contribution in [3.8, 4) is 5.75 Å². The number of sulfonamides is 1. The molecule has 0 unspecified atom stereocenters. The molecule has 1 aliphatic heterocycles. The number of methoxy groups -OCH3 is 1. The van der Waals surface area contributed by atoms with Crippen LogP contribution in [0.4, 0.5) is 0 Å². The first-order valence-electron chi connectivity index (χ1n) is 8.11. The van der Waals surface area contributed by atoms with Crippen LogP contribution in [0.15, 0.2) is 23.1 Å². The monoisotopic (exact) mass is 355 g/mol. The first-order valence-corrected chi connectivity index (χ1v) is 9.55. The quantitative estimate of drug-likeness (QED) is 0.716. The van der Waals surface area contributed by atoms with Gasteiger partial charge in [0.15, 0.2) is 0 Å². The smallest absolute Gasteiger partial charge is 0.251 e. The van der Waals surface area contributed by atoms with Crippen molar-refractivity contribution in [3.63, 3.8) is 0 Å². The number of benzene rings is 1. The maximum absolute atomic E-state index is 12.8. The van der Waals surface area contributed by atoms with Gasteiger partial charge in [-0.15, -0.1) is 0 Å². The highest BCUT2D eigenvalue weighted by Crippen LogP contribution is 2.27. The lowest BCUT2D eigenvalue weighted by molar-refractivity contribution is 0.0942. The Morgan fingerprint density at radius 2 is 2.00 bits per heavy atom. The standard InChI is InChI=1S/C16H25N3O4S/c1-4-19(5-2)24(21,22)15-8-13(6-7-14(15)23-3)16(20)18-11-12-9-17-10-12/h6-8,12,17H,4-5,9-11H2,1-3H3,(H,18,20). The van der Waals surface area contributed by atoms with E-state index in [2.05, 4.69) is 10.6 Å². The average molecular weight is 355 g/mol. The van der Waals surface area contributed by atoms with Gasteiger partial charge in [0.25, 0.3) is 5.91 Å². The Bertz CT molecular complexity index is 683. The zero-order valence-corrected chi connectivity index (χ0v) is 15.1. The number of carbonyl (C=O) groups is 1. The van der Waals surface area contributed by atoms with Gasteiger partial charge >= 0.3 is 0 Å². The van der Waals surface area contributed by atoms with Crippen LogP contribution in [-0.4, -0.2) is 58.5 Å². The molecule has 1 aliphatic rings. The molecule has 0 aliphatic carbocycles. The van der Waals surface area contributed by atoms with Gasteiger partial charge in [0.05, 0.1) is 7.11 Å². The van der Waals surface area contributed by atoms with E-state index in [0.717, 1.165) is 13.1 Å². The molecule has 0 radical (unpaired) electrons. The first-order chi connectivity index (χ1) is 11.4. The normalized spacial score (nSPS) is 15.2. The summed E-state index contributed by atoms with van der Waals surface area (Å²) in [5.74, 6) is 0.397. The number of ether oxygens (including phenoxy) is 1. The third kappa shape index (κ3) is 3.88. The fourth-order valence-corrected chi connectivity index (χ4v) is 4.19. The predicted molar refractivity (Wildman–Crippen MR) is 91.8 cm³/mol. The Hall–Kier alpha value is -1.64. The Balaban J connectivity index is 2.27. The maximum atomic E-state index is 12.8. The number of nitrogens with one attached hydrogen (secondary N) is 2. The van der Waals surface area contributed by atoms with Crippen molar-refractivity contribution >= 4 is 15.9 Å². The van der Waals surface area contributed by atoms with Crippen molar-refractivity contribution in [2.75, 3.05) is 39.8 Å². The number of nitrogens with zero attached hydrogens (tertiary/aromatic N) is 1. The van der Waals surface area contributed by atoms with Crippen LogP contribution >= 0.6 is 0 Å². The van der Waals surface area contributed by atoms with Crippen LogP contribution in [0.3, 0.4) is 0 Å². The van der Waals surface area contributed by atoms with Crippen LogP contribution in [0.25, 0.3) is 0 Å². The number of hydrogen-bond acceptors (Lipinski definition) is 5. The van der Waals surface area contributed by atoms with E-state index in [-0.39, 0.29) is 16.6 Å². The van der Waals surface area contributed by atoms with E-state index in [1.165, 1.54) is 23.5 Å². The summed E-state index contributed by atoms with van der Waals surface area (Å²) in [7, 11) is -2.29. The van der Waals surface area contributed by atoms with Crippen LogP contribution in [0.1, 0.15) is 24.2 Å². The van der Waals surface area contributed by atoms with Gasteiger partial charge < -0.3 is 15.4 Å². The Kier molecular flexibility index (Phi) is 6.20. The van der Waals surface area contributed by atoms with Gasteiger partial charge in [-0.3, -0.25) is 4.79 Å². The minimum atomic E-state index is -3.71. The van der Waals surface area contributed by atoms with Crippen LogP contribution in [0.2, 0.25) is 0 Å². The highest BCUT2D eigenvalue weighted by Gasteiger charge is 2.27. The van der Waals surface area contributed by atoms with Gasteiger partial charge in [0, 0.05) is 44.2 Å². The molecule has 0 spiro atoms. The van der Waals surface area contributed by atoms with Crippen LogP contribution in [-0.2, 0) is 10.0 Å². The molecule has 1 fully saturated rings. The van der Waals surface area contributed by atoms with E-state index in [1.807, 2.05) is 0 Å². The van der Waals surface area contributed by atoms with Crippen molar-refractivity contribution in [1.82, 2.24) is 14.9 Å². The molecule has 1 heterocycles. The molecule has 0 atom stereocenters. The van der Waals surface area contributed by atoms with Crippen molar-refractivity contribution in [2.45, 2.75) is 18.7 Å². The van der Waals surface area contributed by atoms with E-state index >= 15 is 0 Å². The van der Waals surface area contributed by atoms with Gasteiger partial charge in [0.2, 0.25) is 10.0 Å². The topological polar surface area (TPSA) is 87.7 Å². The third-order valence-electron chi connectivity index (χ3n) is 4.17. The van der Waals surface area contributed by atoms with Gasteiger partial charge in [-0.05, 0) is 18.2 Å². The molecule has 1 aromatic rings. The zero-order chi connectivity index (χ0) is 17.7. The second kappa shape index (κ2) is 7.96. The lowest BCUT2D eigenvalue weighted by Gasteiger charge is -2.27. The molecular weight excluding hydrogens is 330 g/mol. The summed E-state index contributed by atoms with van der Waals surface area (Å²) in [6.07, 6.45) is 0. The van der Waals surface area contributed by atoms with E-state index in [9.17, 15) is 13.2 Å². The van der Waals surface area contributed by atoms with Crippen LogP contribution in [0.5, 0.6) is 5.75 Å². The molecule has 0 aromatic heterocycles. The molecule has 0 bridgehead atoms. The minimum Gasteiger partial charge on any atom is -0.495 e. The molecule has 2 N–H and O–H groups in total. The summed E-state index contributed by atoms with van der Waals surface area (Å²) in [5, 5.41) is 5.99. The molecule has 24 heavy (non-hydrogen) atoms. The van der Waals surface area contributed by atoms with Crippen molar-refractivity contribution < 1.29 is 17.9 Å². The first kappa shape index (κ1) is 18.7. The molecule has 7 nitrogen and oxygen atoms in total. The largest absolute Gasteiger partial charge is 0.495 e. The number of rotatable bonds is 8. The Labute approximate surface area is 143 Å². The third-order valence-corrected chi connectivity index (χ3v) is 6.24. The lowest BCUT2D eigenvalue weighted by atomic mass is 10.0. The van der Waals surface area contributed by atoms with Gasteiger partial charge in [-0.1, -0.05) is 13.8 Å². The van der Waals surface area contributed by atoms with Crippen molar-refractivity contribution in [3.05, 3.63) is 23.8 Å². The van der Waals surface area contributed by atoms with Crippen molar-refractivity contribution in [2.24, 2.45) is 5.92 Å². The number of carbonyl (C=O) groups excluding carboxylic acids is 1. The SMILES string of the molecule is CCN(CC)S(=O)(=O)c1cc(C(=O)NCC2CNC2)ccc1OC. The van der Waals surface area contributed by atoms with E-state index in [0.29, 0.717) is 31.1 Å². The summed E-state index contributed by atoms with van der Waals surface area (Å²) < 4.78 is 32.1. The number of amides is 1. The molecule has 1 saturated heterocycles. The highest BCUT2D eigenvalue weighted by atomic mass is 32.2. The van der Waals surface area contributed by atoms with E-state index < -0.39 is 10.0 Å². The second-order valence-electron chi connectivity index (χ2n) is 5.69. The van der Waals surface area contributed by atoms with Crippen LogP contribution in [0, 0.1) is 5.92 Å². The predicted octanol–water partition coefficient (Wildman–Crippen LogP) is 0.675. The summed E-state index contributed by atoms with van der Waals surface area (Å²) in [5.41, 5.74) is 0.314. The molecule has 1 amide bonds. The van der Waals surface area contributed by atoms with E-state index in [1.54, 1.807) is 19.9 Å². The van der Waals surface area contributed by atoms with Crippen molar-refractivity contribution in [1.29, 1.82) is 0 Å². The zero-order valence-electron chi connectivity index (χ0n) is 14.3. The van der Waals surface area contributed by atoms with Gasteiger partial charge in [-0.25, -0.2) is 8.42 Å². The summed E-state index contributed by atoms with van der Waals surface area (Å²) in [6, 6.07) is 4.49. The summed E-state index contributed by atoms with van der Waals surface area (Å²) in [4.78, 5) is 12.3. The van der Waals surface area contributed by atoms with E-state index in [4.69, 9.17) is 4.74 Å². The van der Waals surface area contributed by atoms with Gasteiger partial charge in [0.1, 0.15) is 10.6 Å². The fourth-order valence-electron chi connectivity index (χ4n) is 2.55. The second-order valence-corrected chi connectivity index (χ2v) is 7.60. The molecule has 2 rings (SSSR count). The molecular formula is C16H25N3O4S. The Morgan fingerprint density at radius 3 is 2.50 bits per heavy atom. The average Bonchev–Trinajstić information content (AvgIpc) is 2.53. The molecule has 134 valence electrons. The maximum Gasteiger partial charge on any atom is 0.251 e. The lowest BCUT2D eigenvalue weighted by Crippen LogP contribution is -2.48. The highest BCUT2D eigenvalue weighted by molar-refractivity contribution is 7.89. The fraction of sp³-hybridized carbons (Fsp3) is 0.562. The summed E-state index contributed by atoms with van der Waals surface area (Å²) in [6.45, 7) is 6.62.